The van der Waals surface area contributed by atoms with E-state index >= 15 is 0 Å². The van der Waals surface area contributed by atoms with E-state index in [1.807, 2.05) is 6.07 Å². The molecule has 0 saturated carbocycles. The fourth-order valence-electron chi connectivity index (χ4n) is 0.984. The van der Waals surface area contributed by atoms with Crippen LogP contribution >= 0.6 is 0 Å². The molecule has 0 aliphatic rings. The molecule has 0 unspecified atom stereocenters. The van der Waals surface area contributed by atoms with Crippen molar-refractivity contribution in [3.63, 3.8) is 0 Å². The van der Waals surface area contributed by atoms with Gasteiger partial charge in [0.2, 0.25) is 0 Å². The lowest BCUT2D eigenvalue weighted by atomic mass is 10.2. The third kappa shape index (κ3) is 4.88. The van der Waals surface area contributed by atoms with Crippen LogP contribution in [0.3, 0.4) is 0 Å². The van der Waals surface area contributed by atoms with Crippen molar-refractivity contribution in [2.75, 3.05) is 11.9 Å². The number of hydrogen-bond acceptors (Lipinski definition) is 2. The summed E-state index contributed by atoms with van der Waals surface area (Å²) in [5.41, 5.74) is 0.704. The topological polar surface area (TPSA) is 64.9 Å². The van der Waals surface area contributed by atoms with Gasteiger partial charge >= 0.3 is 12.2 Å². The van der Waals surface area contributed by atoms with Crippen LogP contribution in [0.4, 0.5) is 23.7 Å². The zero-order valence-corrected chi connectivity index (χ0v) is 8.51. The van der Waals surface area contributed by atoms with E-state index in [1.54, 1.807) is 5.32 Å². The first-order chi connectivity index (χ1) is 7.90. The molecule has 0 fully saturated rings. The average molecular weight is 243 g/mol. The summed E-state index contributed by atoms with van der Waals surface area (Å²) in [6.07, 6.45) is -4.44. The molecule has 2 amide bonds. The minimum absolute atomic E-state index is 0.309. The van der Waals surface area contributed by atoms with Crippen molar-refractivity contribution in [2.24, 2.45) is 0 Å². The summed E-state index contributed by atoms with van der Waals surface area (Å²) in [5, 5.41) is 12.4. The summed E-state index contributed by atoms with van der Waals surface area (Å²) >= 11 is 0. The van der Waals surface area contributed by atoms with Crippen LogP contribution in [0.1, 0.15) is 5.56 Å². The van der Waals surface area contributed by atoms with Gasteiger partial charge in [-0.2, -0.15) is 18.4 Å². The highest BCUT2D eigenvalue weighted by molar-refractivity contribution is 5.89. The molecule has 1 rings (SSSR count). The van der Waals surface area contributed by atoms with Gasteiger partial charge in [-0.15, -0.1) is 0 Å². The second-order valence-electron chi connectivity index (χ2n) is 3.11. The minimum Gasteiger partial charge on any atom is -0.329 e. The van der Waals surface area contributed by atoms with Gasteiger partial charge in [0.1, 0.15) is 6.54 Å². The number of halogens is 3. The van der Waals surface area contributed by atoms with Crippen LogP contribution in [0.5, 0.6) is 0 Å². The number of anilines is 1. The van der Waals surface area contributed by atoms with Crippen molar-refractivity contribution in [1.29, 1.82) is 5.26 Å². The Morgan fingerprint density at radius 2 is 1.88 bits per heavy atom. The SMILES string of the molecule is N#Cc1ccc(NC(=O)NCC(F)(F)F)cc1. The zero-order chi connectivity index (χ0) is 12.9. The highest BCUT2D eigenvalue weighted by atomic mass is 19.4. The van der Waals surface area contributed by atoms with E-state index in [0.29, 0.717) is 11.3 Å². The number of nitriles is 1. The Labute approximate surface area is 95.0 Å². The standard InChI is InChI=1S/C10H8F3N3O/c11-10(12,13)6-15-9(17)16-8-3-1-7(5-14)2-4-8/h1-4H,6H2,(H2,15,16,17). The number of nitrogens with zero attached hydrogens (tertiary/aromatic N) is 1. The first-order valence-corrected chi connectivity index (χ1v) is 4.52. The molecule has 2 N–H and O–H groups in total. The highest BCUT2D eigenvalue weighted by Gasteiger charge is 2.27. The smallest absolute Gasteiger partial charge is 0.329 e. The molecule has 0 spiro atoms. The molecule has 1 aromatic rings. The fourth-order valence-corrected chi connectivity index (χ4v) is 0.984. The van der Waals surface area contributed by atoms with Crippen LogP contribution in [-0.4, -0.2) is 18.8 Å². The Kier molecular flexibility index (Phi) is 3.93. The number of amides is 2. The lowest BCUT2D eigenvalue weighted by Gasteiger charge is -2.09. The Bertz CT molecular complexity index is 434. The fraction of sp³-hybridized carbons (Fsp3) is 0.200. The van der Waals surface area contributed by atoms with Gasteiger partial charge in [-0.3, -0.25) is 0 Å². The number of carbonyl (C=O) groups excluding carboxylic acids is 1. The number of urea groups is 1. The second kappa shape index (κ2) is 5.21. The molecule has 0 aromatic heterocycles. The molecule has 90 valence electrons. The first-order valence-electron chi connectivity index (χ1n) is 4.52. The molecule has 0 heterocycles. The summed E-state index contributed by atoms with van der Waals surface area (Å²) in [4.78, 5) is 11.0. The van der Waals surface area contributed by atoms with Gasteiger partial charge in [-0.1, -0.05) is 0 Å². The molecular weight excluding hydrogens is 235 g/mol. The number of carbonyl (C=O) groups is 1. The normalized spacial score (nSPS) is 10.5. The minimum atomic E-state index is -4.44. The van der Waals surface area contributed by atoms with Crippen LogP contribution in [0.25, 0.3) is 0 Å². The maximum atomic E-state index is 11.8. The molecule has 7 heteroatoms. The van der Waals surface area contributed by atoms with Crippen LogP contribution in [-0.2, 0) is 0 Å². The number of benzene rings is 1. The maximum Gasteiger partial charge on any atom is 0.405 e. The molecule has 0 bridgehead atoms. The van der Waals surface area contributed by atoms with Crippen LogP contribution in [0.15, 0.2) is 24.3 Å². The molecule has 0 aliphatic carbocycles. The van der Waals surface area contributed by atoms with E-state index in [9.17, 15) is 18.0 Å². The predicted octanol–water partition coefficient (Wildman–Crippen LogP) is 2.24. The molecule has 0 radical (unpaired) electrons. The molecule has 1 aromatic carbocycles. The van der Waals surface area contributed by atoms with Crippen molar-refractivity contribution in [3.8, 4) is 6.07 Å². The Balaban J connectivity index is 2.48. The Morgan fingerprint density at radius 1 is 1.29 bits per heavy atom. The van der Waals surface area contributed by atoms with Crippen molar-refractivity contribution >= 4 is 11.7 Å². The highest BCUT2D eigenvalue weighted by Crippen LogP contribution is 2.12. The molecule has 0 saturated heterocycles. The molecular formula is C10H8F3N3O. The predicted molar refractivity (Wildman–Crippen MR) is 54.2 cm³/mol. The molecule has 0 atom stereocenters. The third-order valence-electron chi connectivity index (χ3n) is 1.72. The van der Waals surface area contributed by atoms with E-state index < -0.39 is 18.8 Å². The molecule has 17 heavy (non-hydrogen) atoms. The average Bonchev–Trinajstić information content (AvgIpc) is 2.27. The number of rotatable bonds is 2. The van der Waals surface area contributed by atoms with Crippen molar-refractivity contribution in [3.05, 3.63) is 29.8 Å². The lowest BCUT2D eigenvalue weighted by molar-refractivity contribution is -0.122. The largest absolute Gasteiger partial charge is 0.405 e. The van der Waals surface area contributed by atoms with E-state index in [2.05, 4.69) is 5.32 Å². The van der Waals surface area contributed by atoms with Gasteiger partial charge in [-0.25, -0.2) is 4.79 Å². The van der Waals surface area contributed by atoms with Crippen molar-refractivity contribution in [2.45, 2.75) is 6.18 Å². The number of hydrogen-bond donors (Lipinski definition) is 2. The van der Waals surface area contributed by atoms with Crippen molar-refractivity contribution in [1.82, 2.24) is 5.32 Å². The summed E-state index contributed by atoms with van der Waals surface area (Å²) < 4.78 is 35.3. The number of nitrogens with one attached hydrogen (secondary N) is 2. The summed E-state index contributed by atoms with van der Waals surface area (Å²) in [6.45, 7) is -1.39. The van der Waals surface area contributed by atoms with Crippen LogP contribution in [0.2, 0.25) is 0 Å². The summed E-state index contributed by atoms with van der Waals surface area (Å²) in [5.74, 6) is 0. The monoisotopic (exact) mass is 243 g/mol. The van der Waals surface area contributed by atoms with Gasteiger partial charge in [-0.05, 0) is 24.3 Å². The first kappa shape index (κ1) is 12.8. The summed E-state index contributed by atoms with van der Waals surface area (Å²) in [6, 6.07) is 6.66. The van der Waals surface area contributed by atoms with Crippen LogP contribution < -0.4 is 10.6 Å². The van der Waals surface area contributed by atoms with Gasteiger partial charge in [0, 0.05) is 5.69 Å². The van der Waals surface area contributed by atoms with Crippen molar-refractivity contribution < 1.29 is 18.0 Å². The zero-order valence-electron chi connectivity index (χ0n) is 8.51. The van der Waals surface area contributed by atoms with Gasteiger partial charge < -0.3 is 10.6 Å². The van der Waals surface area contributed by atoms with Gasteiger partial charge in [0.15, 0.2) is 0 Å². The van der Waals surface area contributed by atoms with E-state index in [4.69, 9.17) is 5.26 Å². The Morgan fingerprint density at radius 3 is 2.35 bits per heavy atom. The van der Waals surface area contributed by atoms with E-state index in [1.165, 1.54) is 24.3 Å². The quantitative estimate of drug-likeness (QED) is 0.836. The molecule has 0 aliphatic heterocycles. The van der Waals surface area contributed by atoms with E-state index in [-0.39, 0.29) is 0 Å². The van der Waals surface area contributed by atoms with Crippen LogP contribution in [0, 0.1) is 11.3 Å². The van der Waals surface area contributed by atoms with Gasteiger partial charge in [0.25, 0.3) is 0 Å². The van der Waals surface area contributed by atoms with E-state index in [0.717, 1.165) is 0 Å². The second-order valence-corrected chi connectivity index (χ2v) is 3.11. The maximum absolute atomic E-state index is 11.8. The number of alkyl halides is 3. The summed E-state index contributed by atoms with van der Waals surface area (Å²) in [7, 11) is 0. The third-order valence-corrected chi connectivity index (χ3v) is 1.72. The lowest BCUT2D eigenvalue weighted by Crippen LogP contribution is -2.36. The Hall–Kier alpha value is -2.23. The van der Waals surface area contributed by atoms with Gasteiger partial charge in [0.05, 0.1) is 11.6 Å². The molecule has 4 nitrogen and oxygen atoms in total.